The normalized spacial score (nSPS) is 10.3. The molecule has 0 unspecified atom stereocenters. The van der Waals surface area contributed by atoms with Crippen molar-refractivity contribution >= 4 is 5.78 Å². The number of ether oxygens (including phenoxy) is 1. The third-order valence-corrected chi connectivity index (χ3v) is 3.24. The van der Waals surface area contributed by atoms with Gasteiger partial charge in [-0.25, -0.2) is 0 Å². The number of rotatable bonds is 6. The van der Waals surface area contributed by atoms with Crippen LogP contribution in [0.3, 0.4) is 0 Å². The van der Waals surface area contributed by atoms with Gasteiger partial charge in [0.05, 0.1) is 7.11 Å². The van der Waals surface area contributed by atoms with Crippen LogP contribution in [0, 0.1) is 6.92 Å². The molecular formula is C17H19NO2. The highest BCUT2D eigenvalue weighted by molar-refractivity contribution is 5.81. The molecule has 0 saturated heterocycles. The van der Waals surface area contributed by atoms with Gasteiger partial charge in [-0.15, -0.1) is 0 Å². The number of hydrogen-bond acceptors (Lipinski definition) is 3. The van der Waals surface area contributed by atoms with E-state index >= 15 is 0 Å². The van der Waals surface area contributed by atoms with Gasteiger partial charge in [0, 0.05) is 30.8 Å². The van der Waals surface area contributed by atoms with Crippen molar-refractivity contribution in [2.24, 2.45) is 0 Å². The Hall–Kier alpha value is -2.16. The lowest BCUT2D eigenvalue weighted by Gasteiger charge is -2.09. The van der Waals surface area contributed by atoms with Crippen LogP contribution < -0.4 is 4.74 Å². The van der Waals surface area contributed by atoms with Gasteiger partial charge in [-0.3, -0.25) is 9.78 Å². The first-order chi connectivity index (χ1) is 9.69. The predicted octanol–water partition coefficient (Wildman–Crippen LogP) is 3.14. The first-order valence-corrected chi connectivity index (χ1v) is 6.73. The zero-order chi connectivity index (χ0) is 14.4. The average molecular weight is 269 g/mol. The monoisotopic (exact) mass is 269 g/mol. The standard InChI is InChI=1S/C17H19NO2/c1-13-5-8-17(20-2)15(10-13)11-16(19)7-6-14-4-3-9-18-12-14/h3-5,8-10,12H,6-7,11H2,1-2H3. The molecule has 0 aliphatic heterocycles. The number of nitrogens with zero attached hydrogens (tertiary/aromatic N) is 1. The van der Waals surface area contributed by atoms with E-state index in [0.29, 0.717) is 12.8 Å². The molecule has 0 radical (unpaired) electrons. The minimum Gasteiger partial charge on any atom is -0.496 e. The van der Waals surface area contributed by atoms with Crippen LogP contribution in [-0.2, 0) is 17.6 Å². The van der Waals surface area contributed by atoms with Crippen LogP contribution in [-0.4, -0.2) is 17.9 Å². The second-order valence-electron chi connectivity index (χ2n) is 4.89. The third-order valence-electron chi connectivity index (χ3n) is 3.24. The summed E-state index contributed by atoms with van der Waals surface area (Å²) < 4.78 is 5.30. The molecule has 0 amide bonds. The molecule has 2 aromatic rings. The molecule has 0 spiro atoms. The number of Topliss-reactive ketones (excluding diaryl/α,β-unsaturated/α-hetero) is 1. The number of ketones is 1. The number of hydrogen-bond donors (Lipinski definition) is 0. The molecule has 0 aliphatic carbocycles. The van der Waals surface area contributed by atoms with Gasteiger partial charge in [0.1, 0.15) is 11.5 Å². The number of pyridine rings is 1. The Bertz CT molecular complexity index is 579. The van der Waals surface area contributed by atoms with Crippen LogP contribution in [0.5, 0.6) is 5.75 Å². The summed E-state index contributed by atoms with van der Waals surface area (Å²) >= 11 is 0. The number of benzene rings is 1. The maximum Gasteiger partial charge on any atom is 0.137 e. The van der Waals surface area contributed by atoms with Crippen molar-refractivity contribution in [2.45, 2.75) is 26.2 Å². The zero-order valence-electron chi connectivity index (χ0n) is 11.9. The van der Waals surface area contributed by atoms with Gasteiger partial charge in [-0.2, -0.15) is 0 Å². The Labute approximate surface area is 119 Å². The molecule has 0 saturated carbocycles. The van der Waals surface area contributed by atoms with Gasteiger partial charge in [-0.1, -0.05) is 23.8 Å². The van der Waals surface area contributed by atoms with Crippen molar-refractivity contribution in [1.29, 1.82) is 0 Å². The van der Waals surface area contributed by atoms with Crippen LogP contribution >= 0.6 is 0 Å². The Morgan fingerprint density at radius 3 is 2.85 bits per heavy atom. The summed E-state index contributed by atoms with van der Waals surface area (Å²) in [4.78, 5) is 16.1. The Morgan fingerprint density at radius 1 is 1.30 bits per heavy atom. The van der Waals surface area contributed by atoms with E-state index < -0.39 is 0 Å². The van der Waals surface area contributed by atoms with Gasteiger partial charge < -0.3 is 4.74 Å². The lowest BCUT2D eigenvalue weighted by Crippen LogP contribution is -2.06. The van der Waals surface area contributed by atoms with E-state index in [4.69, 9.17) is 4.74 Å². The second kappa shape index (κ2) is 6.85. The van der Waals surface area contributed by atoms with Crippen LogP contribution in [0.2, 0.25) is 0 Å². The smallest absolute Gasteiger partial charge is 0.137 e. The van der Waals surface area contributed by atoms with E-state index in [1.54, 1.807) is 19.5 Å². The fourth-order valence-corrected chi connectivity index (χ4v) is 2.18. The van der Waals surface area contributed by atoms with Gasteiger partial charge in [0.25, 0.3) is 0 Å². The van der Waals surface area contributed by atoms with E-state index in [-0.39, 0.29) is 5.78 Å². The maximum atomic E-state index is 12.1. The maximum absolute atomic E-state index is 12.1. The van der Waals surface area contributed by atoms with Crippen molar-refractivity contribution in [3.8, 4) is 5.75 Å². The van der Waals surface area contributed by atoms with Gasteiger partial charge in [-0.05, 0) is 31.0 Å². The Morgan fingerprint density at radius 2 is 2.15 bits per heavy atom. The summed E-state index contributed by atoms with van der Waals surface area (Å²) in [6.07, 6.45) is 5.23. The molecule has 1 aromatic heterocycles. The van der Waals surface area contributed by atoms with Crippen molar-refractivity contribution < 1.29 is 9.53 Å². The average Bonchev–Trinajstić information content (AvgIpc) is 2.46. The van der Waals surface area contributed by atoms with E-state index in [2.05, 4.69) is 4.98 Å². The van der Waals surface area contributed by atoms with E-state index in [1.807, 2.05) is 37.3 Å². The SMILES string of the molecule is COc1ccc(C)cc1CC(=O)CCc1cccnc1. The fraction of sp³-hybridized carbons (Fsp3) is 0.294. The van der Waals surface area contributed by atoms with Gasteiger partial charge in [0.15, 0.2) is 0 Å². The minimum atomic E-state index is 0.220. The molecule has 1 heterocycles. The summed E-state index contributed by atoms with van der Waals surface area (Å²) in [5.41, 5.74) is 3.20. The molecule has 0 fully saturated rings. The quantitative estimate of drug-likeness (QED) is 0.808. The highest BCUT2D eigenvalue weighted by Gasteiger charge is 2.09. The molecule has 3 nitrogen and oxygen atoms in total. The fourth-order valence-electron chi connectivity index (χ4n) is 2.18. The van der Waals surface area contributed by atoms with E-state index in [1.165, 1.54) is 0 Å². The Kier molecular flexibility index (Phi) is 4.88. The minimum absolute atomic E-state index is 0.220. The second-order valence-corrected chi connectivity index (χ2v) is 4.89. The molecular weight excluding hydrogens is 250 g/mol. The predicted molar refractivity (Wildman–Crippen MR) is 79.0 cm³/mol. The lowest BCUT2D eigenvalue weighted by atomic mass is 10.0. The summed E-state index contributed by atoms with van der Waals surface area (Å²) in [6, 6.07) is 9.80. The number of methoxy groups -OCH3 is 1. The van der Waals surface area contributed by atoms with Crippen LogP contribution in [0.25, 0.3) is 0 Å². The van der Waals surface area contributed by atoms with Crippen LogP contribution in [0.4, 0.5) is 0 Å². The van der Waals surface area contributed by atoms with Gasteiger partial charge >= 0.3 is 0 Å². The number of aromatic nitrogens is 1. The third kappa shape index (κ3) is 3.92. The zero-order valence-corrected chi connectivity index (χ0v) is 11.9. The summed E-state index contributed by atoms with van der Waals surface area (Å²) in [7, 11) is 1.63. The van der Waals surface area contributed by atoms with Crippen LogP contribution in [0.1, 0.15) is 23.1 Å². The molecule has 1 aromatic carbocycles. The molecule has 0 aliphatic rings. The van der Waals surface area contributed by atoms with Crippen molar-refractivity contribution in [2.75, 3.05) is 7.11 Å². The largest absolute Gasteiger partial charge is 0.496 e. The molecule has 3 heteroatoms. The molecule has 0 atom stereocenters. The summed E-state index contributed by atoms with van der Waals surface area (Å²) in [5, 5.41) is 0. The lowest BCUT2D eigenvalue weighted by molar-refractivity contribution is -0.118. The van der Waals surface area contributed by atoms with Crippen molar-refractivity contribution in [1.82, 2.24) is 4.98 Å². The topological polar surface area (TPSA) is 39.2 Å². The van der Waals surface area contributed by atoms with Gasteiger partial charge in [0.2, 0.25) is 0 Å². The molecule has 104 valence electrons. The van der Waals surface area contributed by atoms with Crippen LogP contribution in [0.15, 0.2) is 42.7 Å². The number of carbonyl (C=O) groups excluding carboxylic acids is 1. The number of aryl methyl sites for hydroxylation is 2. The highest BCUT2D eigenvalue weighted by Crippen LogP contribution is 2.21. The van der Waals surface area contributed by atoms with Crippen molar-refractivity contribution in [3.05, 3.63) is 59.4 Å². The molecule has 2 rings (SSSR count). The first kappa shape index (κ1) is 14.3. The molecule has 0 bridgehead atoms. The van der Waals surface area contributed by atoms with Crippen molar-refractivity contribution in [3.63, 3.8) is 0 Å². The summed E-state index contributed by atoms with van der Waals surface area (Å²) in [6.45, 7) is 2.02. The Balaban J connectivity index is 1.96. The molecule has 0 N–H and O–H groups in total. The summed E-state index contributed by atoms with van der Waals surface area (Å²) in [5.74, 6) is 1.00. The van der Waals surface area contributed by atoms with E-state index in [0.717, 1.165) is 28.9 Å². The number of carbonyl (C=O) groups is 1. The molecule has 20 heavy (non-hydrogen) atoms. The highest BCUT2D eigenvalue weighted by atomic mass is 16.5. The van der Waals surface area contributed by atoms with E-state index in [9.17, 15) is 4.79 Å². The first-order valence-electron chi connectivity index (χ1n) is 6.73.